The number of nitrogens with one attached hydrogen (secondary N) is 2. The zero-order chi connectivity index (χ0) is 22.2. The standard InChI is InChI=1S/C23H19N3O5/c1-31-21-12-5-4-11-20(21)25-23(28)18-9-2-3-10-19(18)24-22(27)14-13-16-7-6-8-17(15-16)26(29)30/h2-15H,1H3,(H,24,27)(H,25,28)/b14-13+. The molecule has 156 valence electrons. The summed E-state index contributed by atoms with van der Waals surface area (Å²) in [6, 6.07) is 19.5. The van der Waals surface area contributed by atoms with Gasteiger partial charge in [-0.25, -0.2) is 0 Å². The number of benzene rings is 3. The molecule has 2 N–H and O–H groups in total. The number of non-ortho nitro benzene ring substituents is 1. The molecule has 0 aliphatic heterocycles. The second-order valence-electron chi connectivity index (χ2n) is 6.37. The molecule has 31 heavy (non-hydrogen) atoms. The van der Waals surface area contributed by atoms with Crippen LogP contribution in [-0.2, 0) is 4.79 Å². The lowest BCUT2D eigenvalue weighted by atomic mass is 10.1. The van der Waals surface area contributed by atoms with E-state index in [1.165, 1.54) is 37.5 Å². The summed E-state index contributed by atoms with van der Waals surface area (Å²) in [5.41, 5.74) is 1.53. The van der Waals surface area contributed by atoms with Gasteiger partial charge in [0.1, 0.15) is 5.75 Å². The van der Waals surface area contributed by atoms with Crippen molar-refractivity contribution in [3.8, 4) is 5.75 Å². The number of methoxy groups -OCH3 is 1. The normalized spacial score (nSPS) is 10.5. The molecule has 0 aliphatic carbocycles. The Balaban J connectivity index is 1.74. The number of carbonyl (C=O) groups excluding carboxylic acids is 2. The van der Waals surface area contributed by atoms with Gasteiger partial charge in [-0.15, -0.1) is 0 Å². The Morgan fingerprint density at radius 2 is 1.65 bits per heavy atom. The molecule has 0 saturated heterocycles. The highest BCUT2D eigenvalue weighted by Crippen LogP contribution is 2.25. The fraction of sp³-hybridized carbons (Fsp3) is 0.0435. The van der Waals surface area contributed by atoms with Gasteiger partial charge in [0.15, 0.2) is 0 Å². The van der Waals surface area contributed by atoms with E-state index in [2.05, 4.69) is 10.6 Å². The number of carbonyl (C=O) groups is 2. The van der Waals surface area contributed by atoms with E-state index in [0.717, 1.165) is 0 Å². The minimum atomic E-state index is -0.506. The maximum Gasteiger partial charge on any atom is 0.270 e. The molecule has 0 saturated carbocycles. The monoisotopic (exact) mass is 417 g/mol. The van der Waals surface area contributed by atoms with E-state index >= 15 is 0 Å². The van der Waals surface area contributed by atoms with Crippen molar-refractivity contribution in [2.45, 2.75) is 0 Å². The maximum absolute atomic E-state index is 12.8. The van der Waals surface area contributed by atoms with Crippen molar-refractivity contribution in [1.82, 2.24) is 0 Å². The van der Waals surface area contributed by atoms with Gasteiger partial charge >= 0.3 is 0 Å². The molecule has 8 nitrogen and oxygen atoms in total. The van der Waals surface area contributed by atoms with E-state index in [0.29, 0.717) is 22.7 Å². The average molecular weight is 417 g/mol. The first-order chi connectivity index (χ1) is 15.0. The number of anilines is 2. The van der Waals surface area contributed by atoms with Crippen molar-refractivity contribution < 1.29 is 19.2 Å². The molecule has 0 heterocycles. The van der Waals surface area contributed by atoms with Crippen LogP contribution < -0.4 is 15.4 Å². The summed E-state index contributed by atoms with van der Waals surface area (Å²) in [6.07, 6.45) is 2.70. The van der Waals surface area contributed by atoms with E-state index in [-0.39, 0.29) is 11.3 Å². The lowest BCUT2D eigenvalue weighted by Gasteiger charge is -2.12. The molecule has 0 atom stereocenters. The first kappa shape index (κ1) is 21.3. The topological polar surface area (TPSA) is 111 Å². The molecule has 8 heteroatoms. The zero-order valence-electron chi connectivity index (χ0n) is 16.6. The van der Waals surface area contributed by atoms with Gasteiger partial charge in [0.25, 0.3) is 11.6 Å². The third kappa shape index (κ3) is 5.54. The SMILES string of the molecule is COc1ccccc1NC(=O)c1ccccc1NC(=O)/C=C/c1cccc([N+](=O)[O-])c1. The average Bonchev–Trinajstić information content (AvgIpc) is 2.78. The second-order valence-corrected chi connectivity index (χ2v) is 6.37. The number of nitrogens with zero attached hydrogens (tertiary/aromatic N) is 1. The highest BCUT2D eigenvalue weighted by Gasteiger charge is 2.14. The molecule has 0 aromatic heterocycles. The molecule has 0 unspecified atom stereocenters. The van der Waals surface area contributed by atoms with Gasteiger partial charge < -0.3 is 15.4 Å². The highest BCUT2D eigenvalue weighted by molar-refractivity contribution is 6.12. The number of hydrogen-bond acceptors (Lipinski definition) is 5. The molecular weight excluding hydrogens is 398 g/mol. The largest absolute Gasteiger partial charge is 0.495 e. The van der Waals surface area contributed by atoms with Crippen LogP contribution in [0, 0.1) is 10.1 Å². The van der Waals surface area contributed by atoms with Crippen LogP contribution in [0.5, 0.6) is 5.75 Å². The Morgan fingerprint density at radius 1 is 0.935 bits per heavy atom. The highest BCUT2D eigenvalue weighted by atomic mass is 16.6. The molecule has 0 aliphatic rings. The molecule has 3 rings (SSSR count). The van der Waals surface area contributed by atoms with Gasteiger partial charge in [-0.3, -0.25) is 19.7 Å². The Bertz CT molecular complexity index is 1160. The van der Waals surface area contributed by atoms with Crippen molar-refractivity contribution in [3.05, 3.63) is 100 Å². The van der Waals surface area contributed by atoms with Crippen LogP contribution in [0.25, 0.3) is 6.08 Å². The van der Waals surface area contributed by atoms with E-state index < -0.39 is 16.7 Å². The Hall–Kier alpha value is -4.46. The Labute approximate surface area is 178 Å². The smallest absolute Gasteiger partial charge is 0.270 e. The zero-order valence-corrected chi connectivity index (χ0v) is 16.6. The van der Waals surface area contributed by atoms with Crippen LogP contribution >= 0.6 is 0 Å². The van der Waals surface area contributed by atoms with Crippen LogP contribution in [0.4, 0.5) is 17.1 Å². The summed E-state index contributed by atoms with van der Waals surface area (Å²) < 4.78 is 5.24. The van der Waals surface area contributed by atoms with Gasteiger partial charge in [0.2, 0.25) is 5.91 Å². The number of para-hydroxylation sites is 3. The predicted octanol–water partition coefficient (Wildman–Crippen LogP) is 4.51. The van der Waals surface area contributed by atoms with Gasteiger partial charge in [-0.05, 0) is 35.9 Å². The maximum atomic E-state index is 12.8. The third-order valence-electron chi connectivity index (χ3n) is 4.29. The summed E-state index contributed by atoms with van der Waals surface area (Å²) in [6.45, 7) is 0. The van der Waals surface area contributed by atoms with Gasteiger partial charge in [-0.2, -0.15) is 0 Å². The summed E-state index contributed by atoms with van der Waals surface area (Å²) in [5.74, 6) is -0.385. The molecule has 0 bridgehead atoms. The summed E-state index contributed by atoms with van der Waals surface area (Å²) in [4.78, 5) is 35.5. The quantitative estimate of drug-likeness (QED) is 0.334. The van der Waals surface area contributed by atoms with Gasteiger partial charge in [-0.1, -0.05) is 36.4 Å². The van der Waals surface area contributed by atoms with Crippen molar-refractivity contribution >= 4 is 35.0 Å². The summed E-state index contributed by atoms with van der Waals surface area (Å²) >= 11 is 0. The van der Waals surface area contributed by atoms with E-state index in [1.807, 2.05) is 0 Å². The van der Waals surface area contributed by atoms with E-state index in [9.17, 15) is 19.7 Å². The minimum absolute atomic E-state index is 0.0686. The number of ether oxygens (including phenoxy) is 1. The Morgan fingerprint density at radius 3 is 2.39 bits per heavy atom. The molecule has 0 spiro atoms. The lowest BCUT2D eigenvalue weighted by molar-refractivity contribution is -0.384. The van der Waals surface area contributed by atoms with Crippen molar-refractivity contribution in [3.63, 3.8) is 0 Å². The molecule has 0 radical (unpaired) electrons. The number of rotatable bonds is 7. The number of amides is 2. The van der Waals surface area contributed by atoms with E-state index in [4.69, 9.17) is 4.74 Å². The lowest BCUT2D eigenvalue weighted by Crippen LogP contribution is -2.17. The molecule has 2 amide bonds. The van der Waals surface area contributed by atoms with Crippen LogP contribution in [-0.4, -0.2) is 23.8 Å². The third-order valence-corrected chi connectivity index (χ3v) is 4.29. The first-order valence-electron chi connectivity index (χ1n) is 9.25. The molecule has 0 fully saturated rings. The van der Waals surface area contributed by atoms with Crippen molar-refractivity contribution in [2.75, 3.05) is 17.7 Å². The van der Waals surface area contributed by atoms with Crippen LogP contribution in [0.2, 0.25) is 0 Å². The number of hydrogen-bond donors (Lipinski definition) is 2. The van der Waals surface area contributed by atoms with Crippen LogP contribution in [0.15, 0.2) is 78.9 Å². The first-order valence-corrected chi connectivity index (χ1v) is 9.25. The van der Waals surface area contributed by atoms with Crippen molar-refractivity contribution in [1.29, 1.82) is 0 Å². The fourth-order valence-corrected chi connectivity index (χ4v) is 2.82. The molecule has 3 aromatic rings. The molecular formula is C23H19N3O5. The van der Waals surface area contributed by atoms with Crippen LogP contribution in [0.1, 0.15) is 15.9 Å². The fourth-order valence-electron chi connectivity index (χ4n) is 2.82. The summed E-state index contributed by atoms with van der Waals surface area (Å²) in [5, 5.41) is 16.3. The van der Waals surface area contributed by atoms with Crippen LogP contribution in [0.3, 0.4) is 0 Å². The minimum Gasteiger partial charge on any atom is -0.495 e. The van der Waals surface area contributed by atoms with Gasteiger partial charge in [0.05, 0.1) is 29.0 Å². The number of nitro groups is 1. The molecule has 3 aromatic carbocycles. The second kappa shape index (κ2) is 9.84. The predicted molar refractivity (Wildman–Crippen MR) is 118 cm³/mol. The number of nitro benzene ring substituents is 1. The Kier molecular flexibility index (Phi) is 6.74. The van der Waals surface area contributed by atoms with E-state index in [1.54, 1.807) is 54.6 Å². The van der Waals surface area contributed by atoms with Crippen molar-refractivity contribution in [2.24, 2.45) is 0 Å². The van der Waals surface area contributed by atoms with Gasteiger partial charge in [0, 0.05) is 18.2 Å². The summed E-state index contributed by atoms with van der Waals surface area (Å²) in [7, 11) is 1.51.